The molecule has 2 aliphatic heterocycles. The normalized spacial score (nSPS) is 17.3. The summed E-state index contributed by atoms with van der Waals surface area (Å²) in [6.45, 7) is 6.24. The summed E-state index contributed by atoms with van der Waals surface area (Å²) in [7, 11) is 0. The van der Waals surface area contributed by atoms with E-state index < -0.39 is 12.0 Å². The zero-order valence-electron chi connectivity index (χ0n) is 17.9. The van der Waals surface area contributed by atoms with Crippen LogP contribution in [0.2, 0.25) is 10.0 Å². The lowest BCUT2D eigenvalue weighted by Gasteiger charge is -2.33. The maximum Gasteiger partial charge on any atom is 0.338 e. The minimum atomic E-state index is -0.450. The van der Waals surface area contributed by atoms with Gasteiger partial charge in [0.1, 0.15) is 6.61 Å². The number of hydrogen-bond donors (Lipinski definition) is 0. The van der Waals surface area contributed by atoms with Crippen LogP contribution in [0.15, 0.2) is 64.3 Å². The fraction of sp³-hybridized carbons (Fsp3) is 0.250. The van der Waals surface area contributed by atoms with Gasteiger partial charge < -0.3 is 14.4 Å². The zero-order chi connectivity index (χ0) is 22.8. The molecule has 166 valence electrons. The van der Waals surface area contributed by atoms with Gasteiger partial charge in [0.2, 0.25) is 0 Å². The molecule has 1 atom stereocenters. The van der Waals surface area contributed by atoms with Crippen molar-refractivity contribution in [1.29, 1.82) is 0 Å². The molecule has 0 N–H and O–H groups in total. The summed E-state index contributed by atoms with van der Waals surface area (Å²) in [5, 5.41) is 3.46. The highest BCUT2D eigenvalue weighted by atomic mass is 35.5. The van der Waals surface area contributed by atoms with Crippen LogP contribution in [0.4, 0.5) is 0 Å². The minimum absolute atomic E-state index is 0.275. The Bertz CT molecular complexity index is 1120. The second kappa shape index (κ2) is 9.61. The van der Waals surface area contributed by atoms with Gasteiger partial charge in [-0.1, -0.05) is 64.8 Å². The van der Waals surface area contributed by atoms with E-state index >= 15 is 0 Å². The predicted molar refractivity (Wildman–Crippen MR) is 130 cm³/mol. The summed E-state index contributed by atoms with van der Waals surface area (Å²) < 4.78 is 11.3. The summed E-state index contributed by atoms with van der Waals surface area (Å²) in [4.78, 5) is 19.3. The van der Waals surface area contributed by atoms with E-state index in [-0.39, 0.29) is 6.61 Å². The van der Waals surface area contributed by atoms with Crippen LogP contribution in [0.1, 0.15) is 36.6 Å². The van der Waals surface area contributed by atoms with E-state index in [1.54, 1.807) is 19.1 Å². The molecule has 5 nitrogen and oxygen atoms in total. The van der Waals surface area contributed by atoms with Gasteiger partial charge in [-0.25, -0.2) is 9.79 Å². The molecule has 2 aromatic carbocycles. The number of aliphatic imine (C=N–C) groups is 1. The van der Waals surface area contributed by atoms with Crippen LogP contribution in [-0.4, -0.2) is 22.6 Å². The summed E-state index contributed by atoms with van der Waals surface area (Å²) >= 11 is 14.7. The second-order valence-electron chi connectivity index (χ2n) is 7.41. The fourth-order valence-electron chi connectivity index (χ4n) is 3.61. The van der Waals surface area contributed by atoms with Crippen LogP contribution < -0.4 is 4.74 Å². The van der Waals surface area contributed by atoms with E-state index in [0.717, 1.165) is 16.3 Å². The average molecular weight is 489 g/mol. The third kappa shape index (κ3) is 4.53. The number of fused-ring (bicyclic) bond motifs is 1. The van der Waals surface area contributed by atoms with Gasteiger partial charge in [-0.3, -0.25) is 0 Å². The molecule has 0 bridgehead atoms. The first-order valence-corrected chi connectivity index (χ1v) is 11.8. The van der Waals surface area contributed by atoms with Crippen molar-refractivity contribution in [2.45, 2.75) is 33.4 Å². The quantitative estimate of drug-likeness (QED) is 0.426. The summed E-state index contributed by atoms with van der Waals surface area (Å²) in [5.41, 5.74) is 4.03. The molecule has 2 aromatic rings. The first-order valence-electron chi connectivity index (χ1n) is 10.1. The lowest BCUT2D eigenvalue weighted by atomic mass is 9.94. The molecule has 0 amide bonds. The average Bonchev–Trinajstić information content (AvgIpc) is 3.21. The first-order chi connectivity index (χ1) is 15.4. The highest BCUT2D eigenvalue weighted by Crippen LogP contribution is 2.44. The van der Waals surface area contributed by atoms with Crippen molar-refractivity contribution in [3.8, 4) is 5.75 Å². The Labute approximate surface area is 201 Å². The molecule has 2 heterocycles. The number of aryl methyl sites for hydroxylation is 1. The maximum absolute atomic E-state index is 12.8. The van der Waals surface area contributed by atoms with Gasteiger partial charge in [-0.15, -0.1) is 0 Å². The lowest BCUT2D eigenvalue weighted by molar-refractivity contribution is -0.139. The maximum atomic E-state index is 12.8. The van der Waals surface area contributed by atoms with Crippen molar-refractivity contribution in [3.63, 3.8) is 0 Å². The zero-order valence-corrected chi connectivity index (χ0v) is 20.2. The van der Waals surface area contributed by atoms with Crippen LogP contribution >= 0.6 is 35.0 Å². The number of allylic oxidation sites excluding steroid dienone is 1. The highest BCUT2D eigenvalue weighted by molar-refractivity contribution is 8.16. The van der Waals surface area contributed by atoms with Crippen molar-refractivity contribution >= 4 is 46.1 Å². The van der Waals surface area contributed by atoms with Crippen molar-refractivity contribution < 1.29 is 14.3 Å². The van der Waals surface area contributed by atoms with E-state index in [2.05, 4.69) is 4.99 Å². The summed E-state index contributed by atoms with van der Waals surface area (Å²) in [5.74, 6) is 0.00197. The second-order valence-corrected chi connectivity index (χ2v) is 9.10. The highest BCUT2D eigenvalue weighted by Gasteiger charge is 2.38. The van der Waals surface area contributed by atoms with Crippen molar-refractivity contribution in [1.82, 2.24) is 4.90 Å². The fourth-order valence-corrected chi connectivity index (χ4v) is 5.02. The largest absolute Gasteiger partial charge is 0.486 e. The number of benzene rings is 2. The van der Waals surface area contributed by atoms with Gasteiger partial charge >= 0.3 is 5.97 Å². The molecule has 0 saturated carbocycles. The Morgan fingerprint density at radius 2 is 1.84 bits per heavy atom. The number of carbonyl (C=O) groups excluding carboxylic acids is 1. The molecule has 0 radical (unpaired) electrons. The van der Waals surface area contributed by atoms with E-state index in [9.17, 15) is 4.79 Å². The van der Waals surface area contributed by atoms with E-state index in [1.807, 2.05) is 54.6 Å². The standard InChI is InChI=1S/C24H22Cl2N2O3S/c1-4-30-23(29)20-15(3)27-24-28(9-10-32-24)21(20)17-11-18(25)22(19(26)12-17)31-13-16-7-5-14(2)6-8-16/h5-12,21H,4,13H2,1-3H3/t21-/m0/s1. The van der Waals surface area contributed by atoms with Gasteiger partial charge in [0.05, 0.1) is 34.0 Å². The van der Waals surface area contributed by atoms with Crippen LogP contribution in [0.25, 0.3) is 0 Å². The Balaban J connectivity index is 1.67. The van der Waals surface area contributed by atoms with Crippen molar-refractivity contribution in [2.24, 2.45) is 4.99 Å². The number of ether oxygens (including phenoxy) is 2. The number of carbonyl (C=O) groups is 1. The Morgan fingerprint density at radius 1 is 1.16 bits per heavy atom. The Kier molecular flexibility index (Phi) is 6.84. The molecule has 0 saturated heterocycles. The molecule has 0 aliphatic carbocycles. The van der Waals surface area contributed by atoms with Crippen LogP contribution in [0, 0.1) is 6.92 Å². The van der Waals surface area contributed by atoms with Crippen LogP contribution in [0.3, 0.4) is 0 Å². The lowest BCUT2D eigenvalue weighted by Crippen LogP contribution is -2.34. The van der Waals surface area contributed by atoms with Gasteiger partial charge in [0.25, 0.3) is 0 Å². The number of nitrogens with zero attached hydrogens (tertiary/aromatic N) is 2. The summed E-state index contributed by atoms with van der Waals surface area (Å²) in [6.07, 6.45) is 1.89. The van der Waals surface area contributed by atoms with Gasteiger partial charge in [0.15, 0.2) is 10.9 Å². The molecule has 0 fully saturated rings. The van der Waals surface area contributed by atoms with Crippen LogP contribution in [0.5, 0.6) is 5.75 Å². The number of hydrogen-bond acceptors (Lipinski definition) is 6. The number of halogens is 2. The number of esters is 1. The van der Waals surface area contributed by atoms with E-state index in [4.69, 9.17) is 32.7 Å². The van der Waals surface area contributed by atoms with Crippen LogP contribution in [-0.2, 0) is 16.1 Å². The third-order valence-corrected chi connectivity index (χ3v) is 6.49. The molecule has 0 spiro atoms. The molecular formula is C24H22Cl2N2O3S. The van der Waals surface area contributed by atoms with Gasteiger partial charge in [-0.2, -0.15) is 0 Å². The molecule has 8 heteroatoms. The molecule has 0 unspecified atom stereocenters. The van der Waals surface area contributed by atoms with E-state index in [0.29, 0.717) is 33.7 Å². The number of amidine groups is 1. The number of thioether (sulfide) groups is 1. The Morgan fingerprint density at radius 3 is 2.50 bits per heavy atom. The monoisotopic (exact) mass is 488 g/mol. The van der Waals surface area contributed by atoms with Gasteiger partial charge in [-0.05, 0) is 49.4 Å². The van der Waals surface area contributed by atoms with Crippen molar-refractivity contribution in [3.05, 3.63) is 86.0 Å². The smallest absolute Gasteiger partial charge is 0.338 e. The van der Waals surface area contributed by atoms with E-state index in [1.165, 1.54) is 17.3 Å². The van der Waals surface area contributed by atoms with Crippen molar-refractivity contribution in [2.75, 3.05) is 6.61 Å². The predicted octanol–water partition coefficient (Wildman–Crippen LogP) is 6.65. The SMILES string of the molecule is CCOC(=O)C1=C(C)N=C2SC=CN2[C@H]1c1cc(Cl)c(OCc2ccc(C)cc2)c(Cl)c1. The molecule has 4 rings (SSSR count). The summed E-state index contributed by atoms with van der Waals surface area (Å²) in [6, 6.07) is 11.2. The molecular weight excluding hydrogens is 467 g/mol. The van der Waals surface area contributed by atoms with Gasteiger partial charge in [0, 0.05) is 6.20 Å². The topological polar surface area (TPSA) is 51.1 Å². The first kappa shape index (κ1) is 22.8. The third-order valence-electron chi connectivity index (χ3n) is 5.16. The Hall–Kier alpha value is -2.41. The minimum Gasteiger partial charge on any atom is -0.486 e. The number of rotatable bonds is 6. The molecule has 32 heavy (non-hydrogen) atoms. The molecule has 2 aliphatic rings. The molecule has 0 aromatic heterocycles.